The van der Waals surface area contributed by atoms with Gasteiger partial charge in [0, 0.05) is 63.5 Å². The van der Waals surface area contributed by atoms with E-state index < -0.39 is 11.7 Å². The number of aryl methyl sites for hydroxylation is 1. The molecule has 0 amide bonds. The number of rotatable bonds is 7. The van der Waals surface area contributed by atoms with E-state index in [0.717, 1.165) is 22.9 Å². The van der Waals surface area contributed by atoms with Gasteiger partial charge in [0.1, 0.15) is 11.6 Å². The minimum atomic E-state index is -4.47. The van der Waals surface area contributed by atoms with Crippen LogP contribution in [0, 0.1) is 0 Å². The first-order valence-electron chi connectivity index (χ1n) is 13.2. The highest BCUT2D eigenvalue weighted by Gasteiger charge is 2.36. The number of aromatic nitrogens is 3. The summed E-state index contributed by atoms with van der Waals surface area (Å²) in [5, 5.41) is 0. The SMILES string of the molecule is COC(=O)CCc1cccc(-c2cc(N3CCN(c4ncccc4C(F)(F)F)CC3)nc(N3CCOCC3)n2)c1. The van der Waals surface area contributed by atoms with Crippen LogP contribution in [0.25, 0.3) is 11.3 Å². The summed E-state index contributed by atoms with van der Waals surface area (Å²) in [5.41, 5.74) is 1.88. The van der Waals surface area contributed by atoms with Crippen molar-refractivity contribution in [2.75, 3.05) is 74.3 Å². The molecule has 2 aliphatic rings. The van der Waals surface area contributed by atoms with Gasteiger partial charge in [-0.1, -0.05) is 18.2 Å². The smallest absolute Gasteiger partial charge is 0.419 e. The summed E-state index contributed by atoms with van der Waals surface area (Å²) >= 11 is 0. The van der Waals surface area contributed by atoms with Crippen LogP contribution in [0.2, 0.25) is 0 Å². The van der Waals surface area contributed by atoms with Crippen molar-refractivity contribution in [3.05, 3.63) is 59.8 Å². The number of alkyl halides is 3. The first-order chi connectivity index (χ1) is 19.3. The predicted molar refractivity (Wildman–Crippen MR) is 145 cm³/mol. The Hall–Kier alpha value is -3.93. The molecule has 2 fully saturated rings. The molecule has 0 unspecified atom stereocenters. The number of benzene rings is 1. The van der Waals surface area contributed by atoms with Crippen LogP contribution in [0.1, 0.15) is 17.5 Å². The highest BCUT2D eigenvalue weighted by Crippen LogP contribution is 2.36. The van der Waals surface area contributed by atoms with Crippen LogP contribution in [-0.4, -0.2) is 80.5 Å². The van der Waals surface area contributed by atoms with Gasteiger partial charge in [-0.05, 0) is 30.2 Å². The lowest BCUT2D eigenvalue weighted by Gasteiger charge is -2.37. The lowest BCUT2D eigenvalue weighted by molar-refractivity contribution is -0.140. The van der Waals surface area contributed by atoms with Gasteiger partial charge in [0.15, 0.2) is 0 Å². The molecular formula is C28H31F3N6O3. The van der Waals surface area contributed by atoms with Crippen molar-refractivity contribution in [2.24, 2.45) is 0 Å². The summed E-state index contributed by atoms with van der Waals surface area (Å²) in [6.45, 7) is 4.18. The van der Waals surface area contributed by atoms with Gasteiger partial charge >= 0.3 is 12.1 Å². The molecule has 40 heavy (non-hydrogen) atoms. The fraction of sp³-hybridized carbons (Fsp3) is 0.429. The number of piperazine rings is 1. The average Bonchev–Trinajstić information content (AvgIpc) is 3.00. The van der Waals surface area contributed by atoms with Gasteiger partial charge in [-0.25, -0.2) is 9.97 Å². The van der Waals surface area contributed by atoms with Crippen LogP contribution in [0.5, 0.6) is 0 Å². The Morgan fingerprint density at radius 2 is 1.70 bits per heavy atom. The van der Waals surface area contributed by atoms with E-state index >= 15 is 0 Å². The van der Waals surface area contributed by atoms with Crippen LogP contribution in [-0.2, 0) is 26.9 Å². The van der Waals surface area contributed by atoms with Crippen molar-refractivity contribution >= 4 is 23.6 Å². The number of carbonyl (C=O) groups is 1. The molecule has 2 aliphatic heterocycles. The molecule has 212 valence electrons. The molecule has 12 heteroatoms. The van der Waals surface area contributed by atoms with E-state index in [1.807, 2.05) is 30.3 Å². The summed E-state index contributed by atoms with van der Waals surface area (Å²) in [6.07, 6.45) is -2.25. The number of methoxy groups -OCH3 is 1. The van der Waals surface area contributed by atoms with E-state index in [4.69, 9.17) is 19.4 Å². The minimum absolute atomic E-state index is 0.0456. The Balaban J connectivity index is 1.40. The third-order valence-corrected chi connectivity index (χ3v) is 7.06. The minimum Gasteiger partial charge on any atom is -0.469 e. The summed E-state index contributed by atoms with van der Waals surface area (Å²) in [7, 11) is 1.37. The molecule has 3 aromatic rings. The van der Waals surface area contributed by atoms with Crippen molar-refractivity contribution in [2.45, 2.75) is 19.0 Å². The van der Waals surface area contributed by atoms with Crippen molar-refractivity contribution < 1.29 is 27.4 Å². The van der Waals surface area contributed by atoms with Crippen molar-refractivity contribution in [3.63, 3.8) is 0 Å². The molecule has 0 spiro atoms. The van der Waals surface area contributed by atoms with E-state index in [1.54, 1.807) is 4.90 Å². The maximum atomic E-state index is 13.6. The van der Waals surface area contributed by atoms with Gasteiger partial charge < -0.3 is 24.2 Å². The zero-order valence-corrected chi connectivity index (χ0v) is 22.2. The van der Waals surface area contributed by atoms with E-state index in [-0.39, 0.29) is 18.2 Å². The van der Waals surface area contributed by atoms with Crippen LogP contribution in [0.4, 0.5) is 30.8 Å². The number of halogens is 3. The molecule has 5 rings (SSSR count). The summed E-state index contributed by atoms with van der Waals surface area (Å²) < 4.78 is 51.0. The number of hydrogen-bond donors (Lipinski definition) is 0. The molecule has 0 saturated carbocycles. The highest BCUT2D eigenvalue weighted by molar-refractivity contribution is 5.70. The third kappa shape index (κ3) is 6.44. The maximum absolute atomic E-state index is 13.6. The van der Waals surface area contributed by atoms with E-state index in [9.17, 15) is 18.0 Å². The fourth-order valence-electron chi connectivity index (χ4n) is 4.89. The van der Waals surface area contributed by atoms with E-state index in [0.29, 0.717) is 70.7 Å². The second kappa shape index (κ2) is 12.1. The molecule has 4 heterocycles. The molecule has 1 aromatic carbocycles. The summed E-state index contributed by atoms with van der Waals surface area (Å²) in [6, 6.07) is 12.2. The Bertz CT molecular complexity index is 1320. The lowest BCUT2D eigenvalue weighted by Crippen LogP contribution is -2.48. The monoisotopic (exact) mass is 556 g/mol. The zero-order valence-electron chi connectivity index (χ0n) is 22.2. The first kappa shape index (κ1) is 27.6. The van der Waals surface area contributed by atoms with E-state index in [2.05, 4.69) is 14.8 Å². The molecule has 0 N–H and O–H groups in total. The summed E-state index contributed by atoms with van der Waals surface area (Å²) in [5.74, 6) is 0.984. The van der Waals surface area contributed by atoms with Crippen molar-refractivity contribution in [3.8, 4) is 11.3 Å². The number of hydrogen-bond acceptors (Lipinski definition) is 9. The zero-order chi connectivity index (χ0) is 28.1. The third-order valence-electron chi connectivity index (χ3n) is 7.06. The normalized spacial score (nSPS) is 16.2. The molecule has 0 atom stereocenters. The molecule has 2 aromatic heterocycles. The Morgan fingerprint density at radius 1 is 0.950 bits per heavy atom. The number of esters is 1. The van der Waals surface area contributed by atoms with Gasteiger partial charge in [0.25, 0.3) is 0 Å². The second-order valence-corrected chi connectivity index (χ2v) is 9.63. The number of morpholine rings is 1. The first-order valence-corrected chi connectivity index (χ1v) is 13.2. The highest BCUT2D eigenvalue weighted by atomic mass is 19.4. The van der Waals surface area contributed by atoms with Crippen LogP contribution < -0.4 is 14.7 Å². The van der Waals surface area contributed by atoms with Gasteiger partial charge in [0.2, 0.25) is 5.95 Å². The standard InChI is InChI=1S/C28H31F3N6O3/c1-39-25(38)8-7-20-4-2-5-21(18-20)23-19-24(34-27(33-23)37-14-16-40-17-15-37)35-10-12-36(13-11-35)26-22(28(29,30)31)6-3-9-32-26/h2-6,9,18-19H,7-8,10-17H2,1H3. The molecule has 0 radical (unpaired) electrons. The van der Waals surface area contributed by atoms with Crippen molar-refractivity contribution in [1.82, 2.24) is 15.0 Å². The van der Waals surface area contributed by atoms with Crippen LogP contribution in [0.15, 0.2) is 48.7 Å². The number of ether oxygens (including phenoxy) is 2. The number of anilines is 3. The van der Waals surface area contributed by atoms with Crippen LogP contribution in [0.3, 0.4) is 0 Å². The molecule has 0 bridgehead atoms. The van der Waals surface area contributed by atoms with Crippen LogP contribution >= 0.6 is 0 Å². The molecule has 9 nitrogen and oxygen atoms in total. The van der Waals surface area contributed by atoms with Gasteiger partial charge in [-0.2, -0.15) is 18.2 Å². The predicted octanol–water partition coefficient (Wildman–Crippen LogP) is 3.83. The molecule has 0 aliphatic carbocycles. The molecular weight excluding hydrogens is 525 g/mol. The van der Waals surface area contributed by atoms with E-state index in [1.165, 1.54) is 19.4 Å². The topological polar surface area (TPSA) is 83.9 Å². The van der Waals surface area contributed by atoms with Gasteiger partial charge in [-0.15, -0.1) is 0 Å². The maximum Gasteiger partial charge on any atom is 0.419 e. The largest absolute Gasteiger partial charge is 0.469 e. The average molecular weight is 557 g/mol. The van der Waals surface area contributed by atoms with Gasteiger partial charge in [-0.3, -0.25) is 4.79 Å². The summed E-state index contributed by atoms with van der Waals surface area (Å²) in [4.78, 5) is 31.2. The Kier molecular flexibility index (Phi) is 8.34. The number of nitrogens with zero attached hydrogens (tertiary/aromatic N) is 6. The quantitative estimate of drug-likeness (QED) is 0.403. The molecule has 2 saturated heterocycles. The van der Waals surface area contributed by atoms with Gasteiger partial charge in [0.05, 0.1) is 31.6 Å². The number of carbonyl (C=O) groups excluding carboxylic acids is 1. The Morgan fingerprint density at radius 3 is 2.42 bits per heavy atom. The Labute approximate surface area is 230 Å². The second-order valence-electron chi connectivity index (χ2n) is 9.63. The van der Waals surface area contributed by atoms with Crippen molar-refractivity contribution in [1.29, 1.82) is 0 Å². The lowest BCUT2D eigenvalue weighted by atomic mass is 10.0. The number of pyridine rings is 1. The fourth-order valence-corrected chi connectivity index (χ4v) is 4.89.